The fraction of sp³-hybridized carbons (Fsp3) is 0.111. The van der Waals surface area contributed by atoms with E-state index in [1.54, 1.807) is 0 Å². The number of allylic oxidation sites excluding steroid dienone is 2. The Morgan fingerprint density at radius 1 is 0.810 bits per heavy atom. The second-order valence-electron chi connectivity index (χ2n) is 4.76. The molecule has 0 spiro atoms. The number of hydrogen-bond donors (Lipinski definition) is 0. The molecule has 0 fully saturated rings. The van der Waals surface area contributed by atoms with Crippen LogP contribution in [0.3, 0.4) is 0 Å². The lowest BCUT2D eigenvalue weighted by atomic mass is 10.2. The van der Waals surface area contributed by atoms with Gasteiger partial charge in [-0.1, -0.05) is 72.8 Å². The Balaban J connectivity index is 2.12. The van der Waals surface area contributed by atoms with E-state index in [1.807, 2.05) is 49.4 Å². The average Bonchev–Trinajstić information content (AvgIpc) is 2.98. The van der Waals surface area contributed by atoms with Crippen molar-refractivity contribution in [3.8, 4) is 22.8 Å². The fourth-order valence-electron chi connectivity index (χ4n) is 2.29. The number of benzene rings is 2. The van der Waals surface area contributed by atoms with E-state index < -0.39 is 0 Å². The molecule has 3 aromatic rings. The van der Waals surface area contributed by atoms with E-state index in [-0.39, 0.29) is 0 Å². The molecule has 0 amide bonds. The molecule has 3 nitrogen and oxygen atoms in total. The zero-order chi connectivity index (χ0) is 14.5. The van der Waals surface area contributed by atoms with E-state index in [4.69, 9.17) is 0 Å². The third kappa shape index (κ3) is 2.77. The Labute approximate surface area is 124 Å². The zero-order valence-electron chi connectivity index (χ0n) is 12.0. The van der Waals surface area contributed by atoms with Gasteiger partial charge < -0.3 is 4.57 Å². The van der Waals surface area contributed by atoms with Gasteiger partial charge in [0.2, 0.25) is 0 Å². The molecule has 1 heterocycles. The molecule has 2 aromatic carbocycles. The molecule has 0 saturated carbocycles. The zero-order valence-corrected chi connectivity index (χ0v) is 12.0. The van der Waals surface area contributed by atoms with Gasteiger partial charge in [-0.3, -0.25) is 0 Å². The predicted molar refractivity (Wildman–Crippen MR) is 85.7 cm³/mol. The second kappa shape index (κ2) is 6.18. The minimum Gasteiger partial charge on any atom is -0.303 e. The van der Waals surface area contributed by atoms with E-state index in [0.717, 1.165) is 29.3 Å². The first-order valence-electron chi connectivity index (χ1n) is 7.05. The Bertz CT molecular complexity index is 671. The smallest absolute Gasteiger partial charge is 0.164 e. The first kappa shape index (κ1) is 13.3. The first-order chi connectivity index (χ1) is 10.4. The van der Waals surface area contributed by atoms with Gasteiger partial charge in [-0.2, -0.15) is 0 Å². The maximum absolute atomic E-state index is 4.39. The van der Waals surface area contributed by atoms with E-state index in [0.29, 0.717) is 0 Å². The fourth-order valence-corrected chi connectivity index (χ4v) is 2.29. The van der Waals surface area contributed by atoms with Crippen molar-refractivity contribution in [1.82, 2.24) is 14.8 Å². The average molecular weight is 275 g/mol. The van der Waals surface area contributed by atoms with E-state index in [9.17, 15) is 0 Å². The van der Waals surface area contributed by atoms with Crippen molar-refractivity contribution in [2.45, 2.75) is 13.5 Å². The van der Waals surface area contributed by atoms with Gasteiger partial charge in [0, 0.05) is 17.7 Å². The topological polar surface area (TPSA) is 30.7 Å². The molecule has 0 aliphatic heterocycles. The third-order valence-electron chi connectivity index (χ3n) is 3.34. The largest absolute Gasteiger partial charge is 0.303 e. The van der Waals surface area contributed by atoms with E-state index in [1.165, 1.54) is 0 Å². The van der Waals surface area contributed by atoms with Crippen LogP contribution in [-0.2, 0) is 6.54 Å². The van der Waals surface area contributed by atoms with Gasteiger partial charge in [0.25, 0.3) is 0 Å². The highest BCUT2D eigenvalue weighted by atomic mass is 15.3. The predicted octanol–water partition coefficient (Wildman–Crippen LogP) is 4.19. The van der Waals surface area contributed by atoms with Gasteiger partial charge in [0.05, 0.1) is 0 Å². The summed E-state index contributed by atoms with van der Waals surface area (Å²) in [6, 6.07) is 20.3. The number of hydrogen-bond acceptors (Lipinski definition) is 2. The van der Waals surface area contributed by atoms with E-state index in [2.05, 4.69) is 45.1 Å². The van der Waals surface area contributed by atoms with Crippen LogP contribution in [0.15, 0.2) is 72.8 Å². The van der Waals surface area contributed by atoms with Crippen LogP contribution in [0, 0.1) is 0 Å². The van der Waals surface area contributed by atoms with Crippen LogP contribution >= 0.6 is 0 Å². The Morgan fingerprint density at radius 3 is 1.71 bits per heavy atom. The van der Waals surface area contributed by atoms with Crippen LogP contribution in [0.2, 0.25) is 0 Å². The Hall–Kier alpha value is -2.68. The molecular weight excluding hydrogens is 258 g/mol. The van der Waals surface area contributed by atoms with Crippen LogP contribution < -0.4 is 0 Å². The second-order valence-corrected chi connectivity index (χ2v) is 4.76. The van der Waals surface area contributed by atoms with Gasteiger partial charge in [-0.15, -0.1) is 10.2 Å². The monoisotopic (exact) mass is 275 g/mol. The molecule has 0 aliphatic rings. The molecule has 3 heteroatoms. The molecule has 0 unspecified atom stereocenters. The van der Waals surface area contributed by atoms with Crippen molar-refractivity contribution in [3.63, 3.8) is 0 Å². The first-order valence-corrected chi connectivity index (χ1v) is 7.05. The molecule has 0 radical (unpaired) electrons. The number of rotatable bonds is 4. The van der Waals surface area contributed by atoms with Crippen LogP contribution in [0.25, 0.3) is 22.8 Å². The van der Waals surface area contributed by atoms with Crippen LogP contribution in [-0.4, -0.2) is 14.8 Å². The lowest BCUT2D eigenvalue weighted by Crippen LogP contribution is -2.01. The molecule has 104 valence electrons. The van der Waals surface area contributed by atoms with Crippen molar-refractivity contribution in [1.29, 1.82) is 0 Å². The van der Waals surface area contributed by atoms with Crippen LogP contribution in [0.5, 0.6) is 0 Å². The minimum atomic E-state index is 0.762. The summed E-state index contributed by atoms with van der Waals surface area (Å²) in [7, 11) is 0. The van der Waals surface area contributed by atoms with Gasteiger partial charge in [-0.25, -0.2) is 0 Å². The molecule has 0 N–H and O–H groups in total. The maximum atomic E-state index is 4.39. The minimum absolute atomic E-state index is 0.762. The molecule has 3 rings (SSSR count). The molecule has 21 heavy (non-hydrogen) atoms. The standard InChI is InChI=1S/C18H17N3/c1-2-3-14-21-17(15-10-6-4-7-11-15)19-20-18(21)16-12-8-5-9-13-16/h2-13H,14H2,1H3/b3-2+. The summed E-state index contributed by atoms with van der Waals surface area (Å²) < 4.78 is 2.14. The quantitative estimate of drug-likeness (QED) is 0.668. The van der Waals surface area contributed by atoms with Gasteiger partial charge in [0.15, 0.2) is 11.6 Å². The van der Waals surface area contributed by atoms with Gasteiger partial charge >= 0.3 is 0 Å². The summed E-state index contributed by atoms with van der Waals surface area (Å²) in [5, 5.41) is 8.79. The van der Waals surface area contributed by atoms with Crippen molar-refractivity contribution >= 4 is 0 Å². The highest BCUT2D eigenvalue weighted by Crippen LogP contribution is 2.24. The Morgan fingerprint density at radius 2 is 1.29 bits per heavy atom. The number of nitrogens with zero attached hydrogens (tertiary/aromatic N) is 3. The lowest BCUT2D eigenvalue weighted by molar-refractivity contribution is 0.834. The van der Waals surface area contributed by atoms with Gasteiger partial charge in [0.1, 0.15) is 0 Å². The summed E-state index contributed by atoms with van der Waals surface area (Å²) in [6.07, 6.45) is 4.16. The highest BCUT2D eigenvalue weighted by molar-refractivity contribution is 5.62. The summed E-state index contributed by atoms with van der Waals surface area (Å²) in [4.78, 5) is 0. The van der Waals surface area contributed by atoms with Crippen LogP contribution in [0.1, 0.15) is 6.92 Å². The summed E-state index contributed by atoms with van der Waals surface area (Å²) in [5.41, 5.74) is 2.16. The molecule has 0 atom stereocenters. The van der Waals surface area contributed by atoms with Crippen LogP contribution in [0.4, 0.5) is 0 Å². The summed E-state index contributed by atoms with van der Waals surface area (Å²) >= 11 is 0. The summed E-state index contributed by atoms with van der Waals surface area (Å²) in [6.45, 7) is 2.78. The third-order valence-corrected chi connectivity index (χ3v) is 3.34. The van der Waals surface area contributed by atoms with E-state index >= 15 is 0 Å². The van der Waals surface area contributed by atoms with Crippen molar-refractivity contribution in [2.75, 3.05) is 0 Å². The van der Waals surface area contributed by atoms with Gasteiger partial charge in [-0.05, 0) is 6.92 Å². The van der Waals surface area contributed by atoms with Crippen molar-refractivity contribution < 1.29 is 0 Å². The molecular formula is C18H17N3. The Kier molecular flexibility index (Phi) is 3.92. The molecule has 0 bridgehead atoms. The normalized spacial score (nSPS) is 11.1. The summed E-state index contributed by atoms with van der Waals surface area (Å²) in [5.74, 6) is 1.79. The molecule has 0 saturated heterocycles. The van der Waals surface area contributed by atoms with Crippen molar-refractivity contribution in [3.05, 3.63) is 72.8 Å². The highest BCUT2D eigenvalue weighted by Gasteiger charge is 2.13. The lowest BCUT2D eigenvalue weighted by Gasteiger charge is -2.08. The molecule has 0 aliphatic carbocycles. The molecule has 1 aromatic heterocycles. The maximum Gasteiger partial charge on any atom is 0.164 e. The number of aromatic nitrogens is 3. The van der Waals surface area contributed by atoms with Crippen molar-refractivity contribution in [2.24, 2.45) is 0 Å². The SMILES string of the molecule is C/C=C/Cn1c(-c2ccccc2)nnc1-c1ccccc1.